The molecule has 3 amide bonds. The van der Waals surface area contributed by atoms with Gasteiger partial charge in [0.05, 0.1) is 12.1 Å². The van der Waals surface area contributed by atoms with Gasteiger partial charge in [-0.3, -0.25) is 14.4 Å². The lowest BCUT2D eigenvalue weighted by Crippen LogP contribution is -2.32. The van der Waals surface area contributed by atoms with Crippen LogP contribution in [-0.4, -0.2) is 24.3 Å². The average Bonchev–Trinajstić information content (AvgIpc) is 2.78. The van der Waals surface area contributed by atoms with Crippen LogP contribution in [0, 0.1) is 5.82 Å². The summed E-state index contributed by atoms with van der Waals surface area (Å²) in [6.45, 7) is -0.378. The number of amides is 3. The van der Waals surface area contributed by atoms with Gasteiger partial charge in [-0.15, -0.1) is 0 Å². The second-order valence-electron chi connectivity index (χ2n) is 6.85. The van der Waals surface area contributed by atoms with Crippen molar-refractivity contribution in [2.24, 2.45) is 0 Å². The number of nitrogens with one attached hydrogen (secondary N) is 3. The first-order valence-corrected chi connectivity index (χ1v) is 9.54. The second-order valence-corrected chi connectivity index (χ2v) is 6.85. The number of anilines is 2. The van der Waals surface area contributed by atoms with Crippen LogP contribution in [0.1, 0.15) is 26.3 Å². The first-order chi connectivity index (χ1) is 15.6. The van der Waals surface area contributed by atoms with E-state index in [0.29, 0.717) is 0 Å². The molecular weight excluding hydrogens is 442 g/mol. The number of halogens is 4. The normalized spacial score (nSPS) is 10.9. The summed E-state index contributed by atoms with van der Waals surface area (Å²) in [4.78, 5) is 36.5. The molecule has 0 fully saturated rings. The summed E-state index contributed by atoms with van der Waals surface area (Å²) in [7, 11) is 0. The van der Waals surface area contributed by atoms with Crippen molar-refractivity contribution in [3.8, 4) is 0 Å². The average molecular weight is 459 g/mol. The van der Waals surface area contributed by atoms with E-state index < -0.39 is 35.3 Å². The fraction of sp³-hybridized carbons (Fsp3) is 0.0870. The van der Waals surface area contributed by atoms with Crippen LogP contribution in [-0.2, 0) is 11.0 Å². The minimum Gasteiger partial charge on any atom is -0.343 e. The minimum atomic E-state index is -4.54. The van der Waals surface area contributed by atoms with E-state index >= 15 is 0 Å². The van der Waals surface area contributed by atoms with Crippen LogP contribution >= 0.6 is 0 Å². The number of hydrogen-bond acceptors (Lipinski definition) is 3. The lowest BCUT2D eigenvalue weighted by Gasteiger charge is -2.11. The van der Waals surface area contributed by atoms with Gasteiger partial charge in [0, 0.05) is 22.5 Å². The van der Waals surface area contributed by atoms with Crippen LogP contribution in [0.25, 0.3) is 0 Å². The van der Waals surface area contributed by atoms with Gasteiger partial charge in [-0.05, 0) is 60.7 Å². The third-order valence-electron chi connectivity index (χ3n) is 4.37. The van der Waals surface area contributed by atoms with Crippen molar-refractivity contribution in [2.45, 2.75) is 6.18 Å². The van der Waals surface area contributed by atoms with E-state index in [0.717, 1.165) is 24.3 Å². The SMILES string of the molecule is O=C(CNC(=O)c1ccc(F)cc1)Nc1cccc(C(=O)Nc2cccc(C(F)(F)F)c2)c1. The molecule has 0 saturated heterocycles. The van der Waals surface area contributed by atoms with Gasteiger partial charge in [-0.1, -0.05) is 12.1 Å². The highest BCUT2D eigenvalue weighted by molar-refractivity contribution is 6.05. The van der Waals surface area contributed by atoms with Crippen LogP contribution < -0.4 is 16.0 Å². The first-order valence-electron chi connectivity index (χ1n) is 9.54. The van der Waals surface area contributed by atoms with Crippen molar-refractivity contribution in [1.82, 2.24) is 5.32 Å². The second kappa shape index (κ2) is 9.94. The highest BCUT2D eigenvalue weighted by Gasteiger charge is 2.30. The molecule has 10 heteroatoms. The standard InChI is InChI=1S/C23H17F4N3O3/c24-17-9-7-14(8-10-17)21(32)28-13-20(31)29-18-5-1-3-15(11-18)22(33)30-19-6-2-4-16(12-19)23(25,26)27/h1-12H,13H2,(H,28,32)(H,29,31)(H,30,33). The number of benzene rings is 3. The van der Waals surface area contributed by atoms with Crippen LogP contribution in [0.2, 0.25) is 0 Å². The van der Waals surface area contributed by atoms with Crippen LogP contribution in [0.5, 0.6) is 0 Å². The van der Waals surface area contributed by atoms with Gasteiger partial charge in [-0.25, -0.2) is 4.39 Å². The topological polar surface area (TPSA) is 87.3 Å². The van der Waals surface area contributed by atoms with Gasteiger partial charge in [0.15, 0.2) is 0 Å². The van der Waals surface area contributed by atoms with E-state index in [4.69, 9.17) is 0 Å². The predicted octanol–water partition coefficient (Wildman–Crippen LogP) is 4.47. The number of carbonyl (C=O) groups is 3. The fourth-order valence-electron chi connectivity index (χ4n) is 2.78. The van der Waals surface area contributed by atoms with E-state index in [1.54, 1.807) is 0 Å². The van der Waals surface area contributed by atoms with E-state index in [-0.39, 0.29) is 29.0 Å². The van der Waals surface area contributed by atoms with Gasteiger partial charge in [0.2, 0.25) is 5.91 Å². The third-order valence-corrected chi connectivity index (χ3v) is 4.37. The van der Waals surface area contributed by atoms with Crippen molar-refractivity contribution in [2.75, 3.05) is 17.2 Å². The predicted molar refractivity (Wildman–Crippen MR) is 113 cm³/mol. The Labute approximate surface area is 185 Å². The van der Waals surface area contributed by atoms with Crippen molar-refractivity contribution in [3.63, 3.8) is 0 Å². The minimum absolute atomic E-state index is 0.0345. The number of rotatable bonds is 6. The highest BCUT2D eigenvalue weighted by Crippen LogP contribution is 2.30. The molecule has 170 valence electrons. The Balaban J connectivity index is 1.58. The zero-order valence-corrected chi connectivity index (χ0v) is 16.9. The molecule has 0 aliphatic carbocycles. The number of alkyl halides is 3. The van der Waals surface area contributed by atoms with Crippen molar-refractivity contribution < 1.29 is 31.9 Å². The molecule has 0 aliphatic rings. The maximum Gasteiger partial charge on any atom is 0.416 e. The number of carbonyl (C=O) groups excluding carboxylic acids is 3. The molecule has 0 aliphatic heterocycles. The van der Waals surface area contributed by atoms with Crippen molar-refractivity contribution in [1.29, 1.82) is 0 Å². The van der Waals surface area contributed by atoms with E-state index in [1.165, 1.54) is 48.5 Å². The molecule has 3 N–H and O–H groups in total. The Morgan fingerprint density at radius 3 is 2.03 bits per heavy atom. The van der Waals surface area contributed by atoms with Gasteiger partial charge < -0.3 is 16.0 Å². The van der Waals surface area contributed by atoms with Gasteiger partial charge in [-0.2, -0.15) is 13.2 Å². The zero-order valence-electron chi connectivity index (χ0n) is 16.9. The Bertz CT molecular complexity index is 1180. The first kappa shape index (κ1) is 23.5. The molecule has 33 heavy (non-hydrogen) atoms. The Morgan fingerprint density at radius 1 is 0.727 bits per heavy atom. The molecular formula is C23H17F4N3O3. The van der Waals surface area contributed by atoms with Crippen LogP contribution in [0.3, 0.4) is 0 Å². The number of hydrogen-bond donors (Lipinski definition) is 3. The van der Waals surface area contributed by atoms with E-state index in [2.05, 4.69) is 16.0 Å². The molecule has 0 aromatic heterocycles. The maximum absolute atomic E-state index is 12.9. The van der Waals surface area contributed by atoms with Crippen molar-refractivity contribution >= 4 is 29.1 Å². The van der Waals surface area contributed by atoms with E-state index in [9.17, 15) is 31.9 Å². The summed E-state index contributed by atoms with van der Waals surface area (Å²) in [5, 5.41) is 7.26. The Hall–Kier alpha value is -4.21. The maximum atomic E-state index is 12.9. The molecule has 0 saturated carbocycles. The molecule has 0 unspecified atom stereocenters. The quantitative estimate of drug-likeness (QED) is 0.476. The van der Waals surface area contributed by atoms with Crippen LogP contribution in [0.15, 0.2) is 72.8 Å². The fourth-order valence-corrected chi connectivity index (χ4v) is 2.78. The highest BCUT2D eigenvalue weighted by atomic mass is 19.4. The Kier molecular flexibility index (Phi) is 7.07. The molecule has 0 atom stereocenters. The molecule has 3 aromatic rings. The van der Waals surface area contributed by atoms with E-state index in [1.807, 2.05) is 0 Å². The molecule has 6 nitrogen and oxygen atoms in total. The molecule has 0 radical (unpaired) electrons. The molecule has 0 bridgehead atoms. The van der Waals surface area contributed by atoms with Gasteiger partial charge in [0.25, 0.3) is 11.8 Å². The molecule has 3 rings (SSSR count). The van der Waals surface area contributed by atoms with Gasteiger partial charge in [0.1, 0.15) is 5.82 Å². The Morgan fingerprint density at radius 2 is 1.36 bits per heavy atom. The summed E-state index contributed by atoms with van der Waals surface area (Å²) in [6.07, 6.45) is -4.54. The summed E-state index contributed by atoms with van der Waals surface area (Å²) in [5.74, 6) is -2.32. The summed E-state index contributed by atoms with van der Waals surface area (Å²) in [6, 6.07) is 14.7. The monoisotopic (exact) mass is 459 g/mol. The smallest absolute Gasteiger partial charge is 0.343 e. The summed E-state index contributed by atoms with van der Waals surface area (Å²) >= 11 is 0. The zero-order chi connectivity index (χ0) is 24.0. The molecule has 3 aromatic carbocycles. The lowest BCUT2D eigenvalue weighted by atomic mass is 10.1. The summed E-state index contributed by atoms with van der Waals surface area (Å²) < 4.78 is 51.4. The van der Waals surface area contributed by atoms with Crippen LogP contribution in [0.4, 0.5) is 28.9 Å². The third kappa shape index (κ3) is 6.63. The molecule has 0 spiro atoms. The molecule has 0 heterocycles. The van der Waals surface area contributed by atoms with Crippen molar-refractivity contribution in [3.05, 3.63) is 95.3 Å². The largest absolute Gasteiger partial charge is 0.416 e. The van der Waals surface area contributed by atoms with Gasteiger partial charge >= 0.3 is 6.18 Å². The lowest BCUT2D eigenvalue weighted by molar-refractivity contribution is -0.137. The summed E-state index contributed by atoms with van der Waals surface area (Å²) in [5.41, 5.74) is -0.414.